The molecule has 0 unspecified atom stereocenters. The maximum Gasteiger partial charge on any atom is 0.267 e. The van der Waals surface area contributed by atoms with Crippen LogP contribution in [0.1, 0.15) is 11.1 Å². The Bertz CT molecular complexity index is 620. The average Bonchev–Trinajstić information content (AvgIpc) is 2.33. The van der Waals surface area contributed by atoms with E-state index in [0.29, 0.717) is 18.0 Å². The minimum atomic E-state index is -0.139. The van der Waals surface area contributed by atoms with Gasteiger partial charge in [0.25, 0.3) is 5.56 Å². The summed E-state index contributed by atoms with van der Waals surface area (Å²) in [6.45, 7) is 2.17. The molecule has 2 rings (SSSR count). The van der Waals surface area contributed by atoms with Gasteiger partial charge >= 0.3 is 0 Å². The van der Waals surface area contributed by atoms with Crippen molar-refractivity contribution in [2.75, 3.05) is 12.8 Å². The Morgan fingerprint density at radius 1 is 1.39 bits per heavy atom. The van der Waals surface area contributed by atoms with Crippen molar-refractivity contribution >= 4 is 5.69 Å². The number of rotatable bonds is 3. The molecule has 0 saturated heterocycles. The van der Waals surface area contributed by atoms with E-state index in [-0.39, 0.29) is 5.56 Å². The topological polar surface area (TPSA) is 70.1 Å². The Kier molecular flexibility index (Phi) is 3.32. The van der Waals surface area contributed by atoms with Gasteiger partial charge in [-0.25, -0.2) is 4.68 Å². The van der Waals surface area contributed by atoms with E-state index in [9.17, 15) is 4.79 Å². The first-order valence-electron chi connectivity index (χ1n) is 5.56. The van der Waals surface area contributed by atoms with Crippen LogP contribution in [0.25, 0.3) is 0 Å². The second-order valence-electron chi connectivity index (χ2n) is 4.10. The predicted octanol–water partition coefficient (Wildman–Crippen LogP) is 1.19. The highest BCUT2D eigenvalue weighted by Crippen LogP contribution is 2.21. The zero-order valence-electron chi connectivity index (χ0n) is 10.4. The molecule has 5 nitrogen and oxygen atoms in total. The molecule has 0 aliphatic heterocycles. The first-order valence-corrected chi connectivity index (χ1v) is 5.56. The summed E-state index contributed by atoms with van der Waals surface area (Å²) in [6, 6.07) is 6.87. The second-order valence-corrected chi connectivity index (χ2v) is 4.10. The molecule has 0 bridgehead atoms. The zero-order valence-corrected chi connectivity index (χ0v) is 10.4. The van der Waals surface area contributed by atoms with Gasteiger partial charge < -0.3 is 10.5 Å². The molecule has 1 aromatic carbocycles. The Morgan fingerprint density at radius 2 is 2.17 bits per heavy atom. The van der Waals surface area contributed by atoms with Crippen molar-refractivity contribution in [2.24, 2.45) is 0 Å². The van der Waals surface area contributed by atoms with Gasteiger partial charge in [-0.3, -0.25) is 4.79 Å². The lowest BCUT2D eigenvalue weighted by molar-refractivity contribution is 0.407. The normalized spacial score (nSPS) is 10.3. The van der Waals surface area contributed by atoms with E-state index < -0.39 is 0 Å². The number of nitrogens with two attached hydrogens (primary N) is 1. The molecule has 2 aromatic rings. The van der Waals surface area contributed by atoms with E-state index >= 15 is 0 Å². The predicted molar refractivity (Wildman–Crippen MR) is 69.7 cm³/mol. The summed E-state index contributed by atoms with van der Waals surface area (Å²) >= 11 is 0. The fourth-order valence-electron chi connectivity index (χ4n) is 1.73. The van der Waals surface area contributed by atoms with Crippen molar-refractivity contribution < 1.29 is 4.74 Å². The molecule has 18 heavy (non-hydrogen) atoms. The zero-order chi connectivity index (χ0) is 13.1. The van der Waals surface area contributed by atoms with E-state index in [2.05, 4.69) is 5.10 Å². The number of aryl methyl sites for hydroxylation is 1. The van der Waals surface area contributed by atoms with Gasteiger partial charge in [-0.05, 0) is 30.7 Å². The number of hydrogen-bond donors (Lipinski definition) is 1. The molecule has 0 atom stereocenters. The Balaban J connectivity index is 2.39. The minimum Gasteiger partial charge on any atom is -0.496 e. The van der Waals surface area contributed by atoms with Crippen LogP contribution in [0, 0.1) is 6.92 Å². The fraction of sp³-hybridized carbons (Fsp3) is 0.231. The Morgan fingerprint density at radius 3 is 2.83 bits per heavy atom. The van der Waals surface area contributed by atoms with Crippen LogP contribution in [0.3, 0.4) is 0 Å². The van der Waals surface area contributed by atoms with Crippen molar-refractivity contribution in [1.29, 1.82) is 0 Å². The lowest BCUT2D eigenvalue weighted by atomic mass is 10.2. The maximum atomic E-state index is 11.8. The number of aromatic nitrogens is 2. The maximum absolute atomic E-state index is 11.8. The van der Waals surface area contributed by atoms with Crippen LogP contribution in [0.4, 0.5) is 5.69 Å². The monoisotopic (exact) mass is 245 g/mol. The molecule has 0 aliphatic carbocycles. The van der Waals surface area contributed by atoms with Crippen molar-refractivity contribution in [3.05, 3.63) is 51.9 Å². The first-order chi connectivity index (χ1) is 8.60. The third kappa shape index (κ3) is 2.51. The highest BCUT2D eigenvalue weighted by atomic mass is 16.5. The van der Waals surface area contributed by atoms with Crippen LogP contribution >= 0.6 is 0 Å². The molecule has 0 amide bonds. The van der Waals surface area contributed by atoms with Gasteiger partial charge in [0.1, 0.15) is 5.75 Å². The Hall–Kier alpha value is -2.30. The quantitative estimate of drug-likeness (QED) is 0.825. The van der Waals surface area contributed by atoms with Gasteiger partial charge in [-0.15, -0.1) is 0 Å². The SMILES string of the molecule is COc1ccc(N)cc1Cn1ncc(C)cc1=O. The Labute approximate surface area is 105 Å². The molecule has 1 heterocycles. The lowest BCUT2D eigenvalue weighted by Gasteiger charge is -2.10. The molecule has 94 valence electrons. The fourth-order valence-corrected chi connectivity index (χ4v) is 1.73. The molecule has 0 saturated carbocycles. The standard InChI is InChI=1S/C13H15N3O2/c1-9-5-13(17)16(15-7-9)8-10-6-11(14)3-4-12(10)18-2/h3-7H,8,14H2,1-2H3. The van der Waals surface area contributed by atoms with E-state index in [4.69, 9.17) is 10.5 Å². The van der Waals surface area contributed by atoms with Crippen LogP contribution < -0.4 is 16.0 Å². The van der Waals surface area contributed by atoms with E-state index in [0.717, 1.165) is 11.1 Å². The number of hydrogen-bond acceptors (Lipinski definition) is 4. The molecular formula is C13H15N3O2. The van der Waals surface area contributed by atoms with Crippen molar-refractivity contribution in [3.8, 4) is 5.75 Å². The number of ether oxygens (including phenoxy) is 1. The van der Waals surface area contributed by atoms with E-state index in [1.165, 1.54) is 4.68 Å². The second kappa shape index (κ2) is 4.91. The number of anilines is 1. The lowest BCUT2D eigenvalue weighted by Crippen LogP contribution is -2.23. The van der Waals surface area contributed by atoms with Gasteiger partial charge in [0, 0.05) is 17.3 Å². The molecule has 2 N–H and O–H groups in total. The number of nitrogens with zero attached hydrogens (tertiary/aromatic N) is 2. The molecule has 0 radical (unpaired) electrons. The largest absolute Gasteiger partial charge is 0.496 e. The number of benzene rings is 1. The van der Waals surface area contributed by atoms with Gasteiger partial charge in [0.2, 0.25) is 0 Å². The third-order valence-electron chi connectivity index (χ3n) is 2.63. The number of methoxy groups -OCH3 is 1. The van der Waals surface area contributed by atoms with Crippen molar-refractivity contribution in [3.63, 3.8) is 0 Å². The summed E-state index contributed by atoms with van der Waals surface area (Å²) in [5, 5.41) is 4.09. The van der Waals surface area contributed by atoms with Crippen LogP contribution in [-0.2, 0) is 6.54 Å². The summed E-state index contributed by atoms with van der Waals surface area (Å²) < 4.78 is 6.62. The third-order valence-corrected chi connectivity index (χ3v) is 2.63. The highest BCUT2D eigenvalue weighted by molar-refractivity contribution is 5.47. The van der Waals surface area contributed by atoms with Crippen LogP contribution in [0.5, 0.6) is 5.75 Å². The van der Waals surface area contributed by atoms with E-state index in [1.807, 2.05) is 6.92 Å². The van der Waals surface area contributed by atoms with Crippen molar-refractivity contribution in [2.45, 2.75) is 13.5 Å². The smallest absolute Gasteiger partial charge is 0.267 e. The molecule has 0 spiro atoms. The van der Waals surface area contributed by atoms with Gasteiger partial charge in [0.15, 0.2) is 0 Å². The van der Waals surface area contributed by atoms with Gasteiger partial charge in [0.05, 0.1) is 19.9 Å². The molecule has 0 aliphatic rings. The molecule has 5 heteroatoms. The van der Waals surface area contributed by atoms with Crippen LogP contribution in [0.2, 0.25) is 0 Å². The van der Waals surface area contributed by atoms with Gasteiger partial charge in [-0.1, -0.05) is 0 Å². The van der Waals surface area contributed by atoms with E-state index in [1.54, 1.807) is 37.6 Å². The summed E-state index contributed by atoms with van der Waals surface area (Å²) in [4.78, 5) is 11.8. The number of nitrogen functional groups attached to an aromatic ring is 1. The molecular weight excluding hydrogens is 230 g/mol. The summed E-state index contributed by atoms with van der Waals surface area (Å²) in [6.07, 6.45) is 1.65. The summed E-state index contributed by atoms with van der Waals surface area (Å²) in [5.41, 5.74) is 7.90. The van der Waals surface area contributed by atoms with Gasteiger partial charge in [-0.2, -0.15) is 5.10 Å². The first kappa shape index (κ1) is 12.2. The average molecular weight is 245 g/mol. The van der Waals surface area contributed by atoms with Crippen molar-refractivity contribution in [1.82, 2.24) is 9.78 Å². The summed E-state index contributed by atoms with van der Waals surface area (Å²) in [5.74, 6) is 0.693. The minimum absolute atomic E-state index is 0.139. The van der Waals surface area contributed by atoms with Crippen LogP contribution in [0.15, 0.2) is 35.3 Å². The molecule has 1 aromatic heterocycles. The molecule has 0 fully saturated rings. The van der Waals surface area contributed by atoms with Crippen LogP contribution in [-0.4, -0.2) is 16.9 Å². The highest BCUT2D eigenvalue weighted by Gasteiger charge is 2.06. The summed E-state index contributed by atoms with van der Waals surface area (Å²) in [7, 11) is 1.58.